The highest BCUT2D eigenvalue weighted by Crippen LogP contribution is 2.29. The van der Waals surface area contributed by atoms with Crippen LogP contribution in [0, 0.1) is 0 Å². The number of hydrogen-bond donors (Lipinski definition) is 1. The molecule has 0 aromatic carbocycles. The fourth-order valence-electron chi connectivity index (χ4n) is 3.48. The highest BCUT2D eigenvalue weighted by atomic mass is 16.2. The van der Waals surface area contributed by atoms with Gasteiger partial charge in [-0.3, -0.25) is 4.79 Å². The van der Waals surface area contributed by atoms with Crippen molar-refractivity contribution in [3.63, 3.8) is 0 Å². The van der Waals surface area contributed by atoms with Crippen molar-refractivity contribution in [1.82, 2.24) is 14.8 Å². The molecule has 4 nitrogen and oxygen atoms in total. The first kappa shape index (κ1) is 11.8. The van der Waals surface area contributed by atoms with Crippen molar-refractivity contribution in [3.05, 3.63) is 24.0 Å². The largest absolute Gasteiger partial charge is 0.357 e. The molecule has 0 aliphatic carbocycles. The molecule has 2 aliphatic rings. The van der Waals surface area contributed by atoms with Crippen molar-refractivity contribution in [3.8, 4) is 0 Å². The summed E-state index contributed by atoms with van der Waals surface area (Å²) in [7, 11) is 2.19. The molecule has 2 atom stereocenters. The maximum Gasteiger partial charge on any atom is 0.270 e. The van der Waals surface area contributed by atoms with Gasteiger partial charge in [0.15, 0.2) is 0 Å². The van der Waals surface area contributed by atoms with Gasteiger partial charge in [-0.05, 0) is 51.4 Å². The van der Waals surface area contributed by atoms with Gasteiger partial charge in [0.25, 0.3) is 5.91 Å². The van der Waals surface area contributed by atoms with E-state index in [4.69, 9.17) is 0 Å². The number of likely N-dealkylation sites (tertiary alicyclic amines) is 2. The van der Waals surface area contributed by atoms with Gasteiger partial charge in [0, 0.05) is 24.8 Å². The second-order valence-electron chi connectivity index (χ2n) is 5.48. The number of rotatable bonds is 2. The van der Waals surface area contributed by atoms with Gasteiger partial charge in [0.1, 0.15) is 5.69 Å². The number of aromatic nitrogens is 1. The molecule has 0 saturated carbocycles. The standard InChI is InChI=1S/C14H21N3O/c1-16-9-3-6-12(16)13-7-4-10-17(13)14(18)11-5-2-8-15-11/h2,5,8,12-13,15H,3-4,6-7,9-10H2,1H3/t12-,13-/m0/s1. The Morgan fingerprint density at radius 3 is 2.72 bits per heavy atom. The number of H-pyrrole nitrogens is 1. The first-order chi connectivity index (χ1) is 8.77. The van der Waals surface area contributed by atoms with E-state index >= 15 is 0 Å². The fraction of sp³-hybridized carbons (Fsp3) is 0.643. The Kier molecular flexibility index (Phi) is 3.12. The molecule has 1 aromatic heterocycles. The Balaban J connectivity index is 1.77. The summed E-state index contributed by atoms with van der Waals surface area (Å²) in [5, 5.41) is 0. The third-order valence-corrected chi connectivity index (χ3v) is 4.41. The van der Waals surface area contributed by atoms with E-state index in [1.165, 1.54) is 19.4 Å². The van der Waals surface area contributed by atoms with Crippen LogP contribution in [-0.4, -0.2) is 52.9 Å². The molecule has 0 bridgehead atoms. The van der Waals surface area contributed by atoms with E-state index < -0.39 is 0 Å². The molecule has 2 aliphatic heterocycles. The minimum atomic E-state index is 0.169. The second-order valence-corrected chi connectivity index (χ2v) is 5.48. The molecule has 0 radical (unpaired) electrons. The van der Waals surface area contributed by atoms with Crippen LogP contribution in [0.15, 0.2) is 18.3 Å². The van der Waals surface area contributed by atoms with Crippen LogP contribution in [0.25, 0.3) is 0 Å². The van der Waals surface area contributed by atoms with Gasteiger partial charge >= 0.3 is 0 Å². The van der Waals surface area contributed by atoms with E-state index in [9.17, 15) is 4.79 Å². The van der Waals surface area contributed by atoms with E-state index in [2.05, 4.69) is 21.8 Å². The molecule has 0 unspecified atom stereocenters. The Morgan fingerprint density at radius 2 is 2.06 bits per heavy atom. The highest BCUT2D eigenvalue weighted by molar-refractivity contribution is 5.92. The van der Waals surface area contributed by atoms with Gasteiger partial charge in [0.2, 0.25) is 0 Å². The summed E-state index contributed by atoms with van der Waals surface area (Å²) in [6, 6.07) is 4.73. The van der Waals surface area contributed by atoms with Crippen LogP contribution in [0.1, 0.15) is 36.2 Å². The van der Waals surface area contributed by atoms with Gasteiger partial charge in [-0.1, -0.05) is 0 Å². The van der Waals surface area contributed by atoms with Gasteiger partial charge in [-0.15, -0.1) is 0 Å². The summed E-state index contributed by atoms with van der Waals surface area (Å²) in [4.78, 5) is 20.0. The molecule has 18 heavy (non-hydrogen) atoms. The Labute approximate surface area is 108 Å². The summed E-state index contributed by atoms with van der Waals surface area (Å²) in [5.74, 6) is 0.169. The number of nitrogens with one attached hydrogen (secondary N) is 1. The monoisotopic (exact) mass is 247 g/mol. The summed E-state index contributed by atoms with van der Waals surface area (Å²) in [6.45, 7) is 2.08. The molecular weight excluding hydrogens is 226 g/mol. The van der Waals surface area contributed by atoms with Crippen molar-refractivity contribution in [2.24, 2.45) is 0 Å². The maximum atomic E-state index is 12.5. The van der Waals surface area contributed by atoms with E-state index in [1.807, 2.05) is 18.3 Å². The van der Waals surface area contributed by atoms with Gasteiger partial charge in [-0.25, -0.2) is 0 Å². The zero-order chi connectivity index (χ0) is 12.5. The lowest BCUT2D eigenvalue weighted by Crippen LogP contribution is -2.47. The lowest BCUT2D eigenvalue weighted by Gasteiger charge is -2.33. The summed E-state index contributed by atoms with van der Waals surface area (Å²) in [5.41, 5.74) is 0.725. The minimum Gasteiger partial charge on any atom is -0.357 e. The molecule has 0 spiro atoms. The molecule has 98 valence electrons. The minimum absolute atomic E-state index is 0.169. The van der Waals surface area contributed by atoms with Crippen LogP contribution in [-0.2, 0) is 0 Å². The van der Waals surface area contributed by atoms with Gasteiger partial charge < -0.3 is 14.8 Å². The van der Waals surface area contributed by atoms with Crippen molar-refractivity contribution in [2.45, 2.75) is 37.8 Å². The van der Waals surface area contributed by atoms with Crippen molar-refractivity contribution < 1.29 is 4.79 Å². The average molecular weight is 247 g/mol. The maximum absolute atomic E-state index is 12.5. The van der Waals surface area contributed by atoms with Crippen LogP contribution in [0.3, 0.4) is 0 Å². The fourth-order valence-corrected chi connectivity index (χ4v) is 3.48. The Morgan fingerprint density at radius 1 is 1.28 bits per heavy atom. The first-order valence-corrected chi connectivity index (χ1v) is 6.92. The van der Waals surface area contributed by atoms with E-state index in [-0.39, 0.29) is 5.91 Å². The third-order valence-electron chi connectivity index (χ3n) is 4.41. The van der Waals surface area contributed by atoms with Crippen LogP contribution >= 0.6 is 0 Å². The summed E-state index contributed by atoms with van der Waals surface area (Å²) in [6.07, 6.45) is 6.61. The zero-order valence-electron chi connectivity index (χ0n) is 10.9. The van der Waals surface area contributed by atoms with Crippen LogP contribution < -0.4 is 0 Å². The van der Waals surface area contributed by atoms with Crippen molar-refractivity contribution >= 4 is 5.91 Å². The SMILES string of the molecule is CN1CCC[C@H]1[C@@H]1CCCN1C(=O)c1ccc[nH]1. The summed E-state index contributed by atoms with van der Waals surface area (Å²) >= 11 is 0. The highest BCUT2D eigenvalue weighted by Gasteiger charge is 2.38. The normalized spacial score (nSPS) is 29.1. The topological polar surface area (TPSA) is 39.3 Å². The number of nitrogens with zero attached hydrogens (tertiary/aromatic N) is 2. The summed E-state index contributed by atoms with van der Waals surface area (Å²) < 4.78 is 0. The number of carbonyl (C=O) groups is 1. The van der Waals surface area contributed by atoms with Crippen LogP contribution in [0.5, 0.6) is 0 Å². The molecular formula is C14H21N3O. The van der Waals surface area contributed by atoms with Gasteiger partial charge in [0.05, 0.1) is 0 Å². The van der Waals surface area contributed by atoms with Crippen molar-refractivity contribution in [2.75, 3.05) is 20.1 Å². The van der Waals surface area contributed by atoms with Crippen LogP contribution in [0.4, 0.5) is 0 Å². The smallest absolute Gasteiger partial charge is 0.270 e. The number of hydrogen-bond acceptors (Lipinski definition) is 2. The lowest BCUT2D eigenvalue weighted by atomic mass is 10.0. The predicted octanol–water partition coefficient (Wildman–Crippen LogP) is 1.71. The van der Waals surface area contributed by atoms with Crippen LogP contribution in [0.2, 0.25) is 0 Å². The Bertz CT molecular complexity index is 415. The number of aromatic amines is 1. The first-order valence-electron chi connectivity index (χ1n) is 6.92. The average Bonchev–Trinajstić information content (AvgIpc) is 3.09. The van der Waals surface area contributed by atoms with E-state index in [0.29, 0.717) is 12.1 Å². The molecule has 2 fully saturated rings. The Hall–Kier alpha value is -1.29. The quantitative estimate of drug-likeness (QED) is 0.864. The molecule has 3 rings (SSSR count). The van der Waals surface area contributed by atoms with E-state index in [0.717, 1.165) is 25.1 Å². The van der Waals surface area contributed by atoms with E-state index in [1.54, 1.807) is 0 Å². The number of amides is 1. The second kappa shape index (κ2) is 4.76. The molecule has 1 aromatic rings. The molecule has 3 heterocycles. The number of carbonyl (C=O) groups excluding carboxylic acids is 1. The molecule has 1 amide bonds. The zero-order valence-corrected chi connectivity index (χ0v) is 10.9. The third kappa shape index (κ3) is 1.94. The molecule has 1 N–H and O–H groups in total. The molecule has 2 saturated heterocycles. The van der Waals surface area contributed by atoms with Gasteiger partial charge in [-0.2, -0.15) is 0 Å². The molecule has 4 heteroatoms. The lowest BCUT2D eigenvalue weighted by molar-refractivity contribution is 0.0659. The predicted molar refractivity (Wildman–Crippen MR) is 70.5 cm³/mol. The van der Waals surface area contributed by atoms with Crippen molar-refractivity contribution in [1.29, 1.82) is 0 Å². The number of likely N-dealkylation sites (N-methyl/N-ethyl adjacent to an activating group) is 1.